The quantitative estimate of drug-likeness (QED) is 0.730. The number of rotatable bonds is 6. The summed E-state index contributed by atoms with van der Waals surface area (Å²) in [6.45, 7) is 7.70. The van der Waals surface area contributed by atoms with Crippen LogP contribution in [0.15, 0.2) is 24.8 Å². The van der Waals surface area contributed by atoms with Gasteiger partial charge in [-0.2, -0.15) is 5.10 Å². The van der Waals surface area contributed by atoms with Gasteiger partial charge in [-0.05, 0) is 31.4 Å². The highest BCUT2D eigenvalue weighted by Gasteiger charge is 2.31. The Balaban J connectivity index is 1.52. The second-order valence-electron chi connectivity index (χ2n) is 7.18. The van der Waals surface area contributed by atoms with E-state index in [1.54, 1.807) is 11.3 Å². The molecule has 2 aliphatic rings. The Morgan fingerprint density at radius 1 is 1.43 bits per heavy atom. The molecule has 1 saturated heterocycles. The van der Waals surface area contributed by atoms with E-state index in [0.29, 0.717) is 44.6 Å². The number of carbonyl (C=O) groups excluding carboxylic acids is 1. The van der Waals surface area contributed by atoms with Gasteiger partial charge in [-0.15, -0.1) is 17.9 Å². The summed E-state index contributed by atoms with van der Waals surface area (Å²) in [6.07, 6.45) is 4.59. The number of amides is 1. The van der Waals surface area contributed by atoms with Gasteiger partial charge >= 0.3 is 0 Å². The molecular formula is C20H25ClN4O2S. The molecule has 28 heavy (non-hydrogen) atoms. The number of halogens is 1. The molecule has 3 heterocycles. The lowest BCUT2D eigenvalue weighted by Gasteiger charge is -2.27. The van der Waals surface area contributed by atoms with Crippen molar-refractivity contribution in [2.24, 2.45) is 0 Å². The van der Waals surface area contributed by atoms with Crippen LogP contribution in [0, 0.1) is 0 Å². The third-order valence-corrected chi connectivity index (χ3v) is 6.57. The molecule has 0 radical (unpaired) electrons. The van der Waals surface area contributed by atoms with Crippen molar-refractivity contribution in [3.05, 3.63) is 51.0 Å². The molecule has 2 aromatic rings. The van der Waals surface area contributed by atoms with E-state index < -0.39 is 0 Å². The summed E-state index contributed by atoms with van der Waals surface area (Å²) < 4.78 is 8.15. The number of ether oxygens (including phenoxy) is 1. The van der Waals surface area contributed by atoms with Crippen molar-refractivity contribution in [2.75, 3.05) is 26.3 Å². The average molecular weight is 421 g/mol. The van der Waals surface area contributed by atoms with Crippen LogP contribution < -0.4 is 5.32 Å². The predicted octanol–water partition coefficient (Wildman–Crippen LogP) is 2.90. The molecule has 150 valence electrons. The number of hydrogen-bond acceptors (Lipinski definition) is 5. The lowest BCUT2D eigenvalue weighted by atomic mass is 9.91. The predicted molar refractivity (Wildman–Crippen MR) is 111 cm³/mol. The molecule has 1 fully saturated rings. The first-order valence-corrected chi connectivity index (χ1v) is 10.9. The van der Waals surface area contributed by atoms with Crippen LogP contribution in [0.5, 0.6) is 0 Å². The van der Waals surface area contributed by atoms with Crippen LogP contribution in [-0.4, -0.2) is 52.9 Å². The maximum atomic E-state index is 13.1. The van der Waals surface area contributed by atoms with Crippen LogP contribution in [0.2, 0.25) is 4.34 Å². The molecule has 1 amide bonds. The average Bonchev–Trinajstić information content (AvgIpc) is 3.30. The zero-order valence-corrected chi connectivity index (χ0v) is 17.4. The summed E-state index contributed by atoms with van der Waals surface area (Å²) in [5.41, 5.74) is 2.87. The number of nitrogens with one attached hydrogen (secondary N) is 1. The molecule has 0 aromatic carbocycles. The fourth-order valence-electron chi connectivity index (χ4n) is 3.92. The molecule has 2 aromatic heterocycles. The molecule has 0 saturated carbocycles. The second kappa shape index (κ2) is 8.78. The Morgan fingerprint density at radius 3 is 2.96 bits per heavy atom. The number of aromatic nitrogens is 2. The van der Waals surface area contributed by atoms with Crippen molar-refractivity contribution in [2.45, 2.75) is 38.4 Å². The topological polar surface area (TPSA) is 59.4 Å². The Hall–Kier alpha value is -1.67. The third kappa shape index (κ3) is 4.17. The number of hydrogen-bond donors (Lipinski definition) is 1. The van der Waals surface area contributed by atoms with Crippen LogP contribution in [0.3, 0.4) is 0 Å². The van der Waals surface area contributed by atoms with Crippen molar-refractivity contribution in [1.29, 1.82) is 0 Å². The number of fused-ring (bicyclic) bond motifs is 1. The van der Waals surface area contributed by atoms with Gasteiger partial charge in [0.2, 0.25) is 0 Å². The van der Waals surface area contributed by atoms with Crippen molar-refractivity contribution >= 4 is 28.8 Å². The second-order valence-corrected chi connectivity index (χ2v) is 8.98. The highest BCUT2D eigenvalue weighted by Crippen LogP contribution is 2.27. The van der Waals surface area contributed by atoms with Crippen molar-refractivity contribution in [3.63, 3.8) is 0 Å². The Kier molecular flexibility index (Phi) is 6.16. The Morgan fingerprint density at radius 2 is 2.25 bits per heavy atom. The van der Waals surface area contributed by atoms with E-state index in [-0.39, 0.29) is 5.91 Å². The Labute approximate surface area is 174 Å². The number of allylic oxidation sites excluding steroid dienone is 1. The van der Waals surface area contributed by atoms with Crippen LogP contribution >= 0.6 is 22.9 Å². The van der Waals surface area contributed by atoms with Crippen molar-refractivity contribution in [1.82, 2.24) is 20.0 Å². The monoisotopic (exact) mass is 420 g/mol. The molecule has 1 aliphatic heterocycles. The number of morpholine rings is 1. The largest absolute Gasteiger partial charge is 0.378 e. The molecule has 4 rings (SSSR count). The van der Waals surface area contributed by atoms with Crippen LogP contribution in [-0.2, 0) is 30.7 Å². The first kappa shape index (κ1) is 19.6. The summed E-state index contributed by atoms with van der Waals surface area (Å²) in [7, 11) is 0. The van der Waals surface area contributed by atoms with Gasteiger partial charge in [0, 0.05) is 41.8 Å². The van der Waals surface area contributed by atoms with E-state index in [4.69, 9.17) is 16.3 Å². The zero-order chi connectivity index (χ0) is 19.5. The maximum Gasteiger partial charge on any atom is 0.274 e. The highest BCUT2D eigenvalue weighted by atomic mass is 35.5. The summed E-state index contributed by atoms with van der Waals surface area (Å²) in [4.78, 5) is 16.2. The maximum absolute atomic E-state index is 13.1. The zero-order valence-electron chi connectivity index (χ0n) is 15.8. The van der Waals surface area contributed by atoms with E-state index in [2.05, 4.69) is 23.1 Å². The van der Waals surface area contributed by atoms with Crippen LogP contribution in [0.4, 0.5) is 0 Å². The van der Waals surface area contributed by atoms with E-state index in [9.17, 15) is 4.79 Å². The van der Waals surface area contributed by atoms with Gasteiger partial charge in [0.05, 0.1) is 24.1 Å². The minimum atomic E-state index is 0.0213. The summed E-state index contributed by atoms with van der Waals surface area (Å²) in [5.74, 6) is 0.0213. The molecular weight excluding hydrogens is 396 g/mol. The smallest absolute Gasteiger partial charge is 0.274 e. The van der Waals surface area contributed by atoms with Gasteiger partial charge in [-0.1, -0.05) is 17.7 Å². The third-order valence-electron chi connectivity index (χ3n) is 5.34. The van der Waals surface area contributed by atoms with Crippen molar-refractivity contribution < 1.29 is 9.53 Å². The molecule has 6 nitrogen and oxygen atoms in total. The first-order chi connectivity index (χ1) is 13.7. The van der Waals surface area contributed by atoms with Gasteiger partial charge in [0.15, 0.2) is 5.69 Å². The van der Waals surface area contributed by atoms with Gasteiger partial charge in [0.1, 0.15) is 0 Å². The normalized spacial score (nSPS) is 19.5. The number of carbonyl (C=O) groups is 1. The summed E-state index contributed by atoms with van der Waals surface area (Å²) in [6, 6.07) is 4.32. The van der Waals surface area contributed by atoms with Crippen LogP contribution in [0.25, 0.3) is 0 Å². The van der Waals surface area contributed by atoms with Gasteiger partial charge < -0.3 is 15.0 Å². The van der Waals surface area contributed by atoms with Crippen molar-refractivity contribution in [3.8, 4) is 0 Å². The molecule has 1 N–H and O–H groups in total. The van der Waals surface area contributed by atoms with E-state index >= 15 is 0 Å². The fourth-order valence-corrected chi connectivity index (χ4v) is 4.95. The highest BCUT2D eigenvalue weighted by molar-refractivity contribution is 7.16. The fraction of sp³-hybridized carbons (Fsp3) is 0.500. The number of nitrogens with zero attached hydrogens (tertiary/aromatic N) is 3. The minimum Gasteiger partial charge on any atom is -0.378 e. The van der Waals surface area contributed by atoms with E-state index in [0.717, 1.165) is 35.7 Å². The molecule has 1 atom stereocenters. The SMILES string of the molecule is C=CCn1nc(C(=O)N2CCOCC2)c2c1CCC(NCc1ccc(Cl)s1)C2. The molecule has 8 heteroatoms. The number of thiophene rings is 1. The molecule has 1 unspecified atom stereocenters. The van der Waals surface area contributed by atoms with E-state index in [1.807, 2.05) is 21.7 Å². The first-order valence-electron chi connectivity index (χ1n) is 9.69. The molecule has 1 aliphatic carbocycles. The van der Waals surface area contributed by atoms with Crippen LogP contribution in [0.1, 0.15) is 33.0 Å². The van der Waals surface area contributed by atoms with E-state index in [1.165, 1.54) is 10.6 Å². The standard InChI is InChI=1S/C20H25ClN4O2S/c1-2-7-25-17-5-3-14(22-13-15-4-6-18(21)28-15)12-16(17)19(23-25)20(26)24-8-10-27-11-9-24/h2,4,6,14,22H,1,3,5,7-13H2. The summed E-state index contributed by atoms with van der Waals surface area (Å²) in [5, 5.41) is 8.31. The molecule has 0 spiro atoms. The minimum absolute atomic E-state index is 0.0213. The van der Waals surface area contributed by atoms with Gasteiger partial charge in [0.25, 0.3) is 5.91 Å². The molecule has 0 bridgehead atoms. The Bertz CT molecular complexity index is 857. The van der Waals surface area contributed by atoms with Gasteiger partial charge in [-0.3, -0.25) is 9.48 Å². The lowest BCUT2D eigenvalue weighted by molar-refractivity contribution is 0.0297. The lowest BCUT2D eigenvalue weighted by Crippen LogP contribution is -2.41. The van der Waals surface area contributed by atoms with Gasteiger partial charge in [-0.25, -0.2) is 0 Å². The summed E-state index contributed by atoms with van der Waals surface area (Å²) >= 11 is 7.63.